The normalized spacial score (nSPS) is 10.0. The molecule has 2 aromatic rings. The Balaban J connectivity index is 1.96. The molecule has 142 valence electrons. The summed E-state index contributed by atoms with van der Waals surface area (Å²) in [5.41, 5.74) is 0.716. The summed E-state index contributed by atoms with van der Waals surface area (Å²) < 4.78 is 14.9. The summed E-state index contributed by atoms with van der Waals surface area (Å²) in [5.74, 6) is -1.32. The predicted octanol–water partition coefficient (Wildman–Crippen LogP) is 3.32. The van der Waals surface area contributed by atoms with Gasteiger partial charge < -0.3 is 19.5 Å². The molecular weight excluding hydrogens is 374 g/mol. The van der Waals surface area contributed by atoms with Gasteiger partial charge in [0.15, 0.2) is 6.61 Å². The van der Waals surface area contributed by atoms with Gasteiger partial charge >= 0.3 is 11.9 Å². The molecule has 0 aromatic heterocycles. The minimum absolute atomic E-state index is 0.129. The van der Waals surface area contributed by atoms with Gasteiger partial charge in [-0.05, 0) is 43.3 Å². The highest BCUT2D eigenvalue weighted by molar-refractivity contribution is 6.33. The lowest BCUT2D eigenvalue weighted by Crippen LogP contribution is -2.21. The molecule has 1 N–H and O–H groups in total. The summed E-state index contributed by atoms with van der Waals surface area (Å²) in [6, 6.07) is 10.8. The van der Waals surface area contributed by atoms with Crippen LogP contribution >= 0.6 is 11.6 Å². The Morgan fingerprint density at radius 1 is 1.04 bits per heavy atom. The maximum atomic E-state index is 12.0. The molecule has 0 aliphatic rings. The molecular formula is C19H18ClNO6. The van der Waals surface area contributed by atoms with E-state index in [1.54, 1.807) is 25.1 Å². The highest BCUT2D eigenvalue weighted by Crippen LogP contribution is 2.21. The smallest absolute Gasteiger partial charge is 0.339 e. The summed E-state index contributed by atoms with van der Waals surface area (Å²) in [4.78, 5) is 35.8. The molecule has 2 rings (SSSR count). The van der Waals surface area contributed by atoms with Gasteiger partial charge in [-0.25, -0.2) is 9.59 Å². The Hall–Kier alpha value is -3.06. The molecule has 7 nitrogen and oxygen atoms in total. The van der Waals surface area contributed by atoms with Gasteiger partial charge in [0.1, 0.15) is 5.75 Å². The number of benzene rings is 2. The van der Waals surface area contributed by atoms with Gasteiger partial charge in [-0.3, -0.25) is 4.79 Å². The van der Waals surface area contributed by atoms with Gasteiger partial charge in [0, 0.05) is 5.69 Å². The summed E-state index contributed by atoms with van der Waals surface area (Å²) in [6.45, 7) is 1.38. The van der Waals surface area contributed by atoms with Crippen molar-refractivity contribution in [2.45, 2.75) is 6.92 Å². The topological polar surface area (TPSA) is 90.9 Å². The second kappa shape index (κ2) is 9.59. The Bertz CT molecular complexity index is 852. The number of amides is 1. The fourth-order valence-corrected chi connectivity index (χ4v) is 2.32. The first-order chi connectivity index (χ1) is 12.9. The van der Waals surface area contributed by atoms with Crippen LogP contribution < -0.4 is 10.1 Å². The average molecular weight is 392 g/mol. The van der Waals surface area contributed by atoms with E-state index in [2.05, 4.69) is 5.32 Å². The zero-order valence-electron chi connectivity index (χ0n) is 14.8. The number of carbonyl (C=O) groups excluding carboxylic acids is 3. The summed E-state index contributed by atoms with van der Waals surface area (Å²) in [6.07, 6.45) is 0. The maximum absolute atomic E-state index is 12.0. The molecule has 0 fully saturated rings. The largest absolute Gasteiger partial charge is 0.497 e. The molecule has 0 bridgehead atoms. The maximum Gasteiger partial charge on any atom is 0.339 e. The number of hydrogen-bond acceptors (Lipinski definition) is 6. The fourth-order valence-electron chi connectivity index (χ4n) is 2.13. The molecule has 0 aliphatic heterocycles. The molecule has 0 saturated carbocycles. The predicted molar refractivity (Wildman–Crippen MR) is 99.3 cm³/mol. The van der Waals surface area contributed by atoms with Crippen LogP contribution in [-0.2, 0) is 14.3 Å². The third-order valence-electron chi connectivity index (χ3n) is 3.39. The van der Waals surface area contributed by atoms with Crippen molar-refractivity contribution in [3.05, 3.63) is 58.6 Å². The van der Waals surface area contributed by atoms with Crippen molar-refractivity contribution in [3.63, 3.8) is 0 Å². The molecule has 0 radical (unpaired) electrons. The SMILES string of the molecule is CCOC(=O)c1cc(NC(=O)COC(=O)c2cccc(OC)c2)ccc1Cl. The van der Waals surface area contributed by atoms with Crippen molar-refractivity contribution < 1.29 is 28.6 Å². The van der Waals surface area contributed by atoms with Crippen molar-refractivity contribution in [1.29, 1.82) is 0 Å². The zero-order valence-corrected chi connectivity index (χ0v) is 15.5. The molecule has 0 spiro atoms. The number of rotatable bonds is 7. The highest BCUT2D eigenvalue weighted by atomic mass is 35.5. The van der Waals surface area contributed by atoms with Crippen molar-refractivity contribution in [2.24, 2.45) is 0 Å². The van der Waals surface area contributed by atoms with E-state index in [-0.39, 0.29) is 22.8 Å². The number of halogens is 1. The van der Waals surface area contributed by atoms with E-state index in [1.165, 1.54) is 31.4 Å². The Morgan fingerprint density at radius 2 is 1.81 bits per heavy atom. The van der Waals surface area contributed by atoms with E-state index in [1.807, 2.05) is 0 Å². The molecule has 0 heterocycles. The van der Waals surface area contributed by atoms with E-state index in [0.717, 1.165) is 0 Å². The quantitative estimate of drug-likeness (QED) is 0.728. The number of methoxy groups -OCH3 is 1. The van der Waals surface area contributed by atoms with Gasteiger partial charge in [0.25, 0.3) is 5.91 Å². The first-order valence-corrected chi connectivity index (χ1v) is 8.40. The number of carbonyl (C=O) groups is 3. The van der Waals surface area contributed by atoms with Crippen LogP contribution in [-0.4, -0.2) is 38.2 Å². The lowest BCUT2D eigenvalue weighted by molar-refractivity contribution is -0.119. The number of esters is 2. The van der Waals surface area contributed by atoms with Crippen molar-refractivity contribution in [2.75, 3.05) is 25.6 Å². The second-order valence-corrected chi connectivity index (χ2v) is 5.68. The molecule has 8 heteroatoms. The van der Waals surface area contributed by atoms with Crippen molar-refractivity contribution in [1.82, 2.24) is 0 Å². The van der Waals surface area contributed by atoms with Gasteiger partial charge in [-0.1, -0.05) is 17.7 Å². The van der Waals surface area contributed by atoms with Gasteiger partial charge in [-0.2, -0.15) is 0 Å². The summed E-state index contributed by atoms with van der Waals surface area (Å²) >= 11 is 5.97. The zero-order chi connectivity index (χ0) is 19.8. The first kappa shape index (κ1) is 20.3. The number of hydrogen-bond donors (Lipinski definition) is 1. The van der Waals surface area contributed by atoms with Crippen molar-refractivity contribution in [3.8, 4) is 5.75 Å². The van der Waals surface area contributed by atoms with Crippen LogP contribution in [0.4, 0.5) is 5.69 Å². The van der Waals surface area contributed by atoms with Crippen LogP contribution in [0.3, 0.4) is 0 Å². The molecule has 0 unspecified atom stereocenters. The Kier molecular flexibility index (Phi) is 7.19. The standard InChI is InChI=1S/C19H18ClNO6/c1-3-26-19(24)15-10-13(7-8-16(15)20)21-17(22)11-27-18(23)12-5-4-6-14(9-12)25-2/h4-10H,3,11H2,1-2H3,(H,21,22). The third-order valence-corrected chi connectivity index (χ3v) is 3.71. The summed E-state index contributed by atoms with van der Waals surface area (Å²) in [7, 11) is 1.48. The summed E-state index contributed by atoms with van der Waals surface area (Å²) in [5, 5.41) is 2.73. The lowest BCUT2D eigenvalue weighted by Gasteiger charge is -2.09. The van der Waals surface area contributed by atoms with Crippen LogP contribution in [0.1, 0.15) is 27.6 Å². The van der Waals surface area contributed by atoms with E-state index in [9.17, 15) is 14.4 Å². The van der Waals surface area contributed by atoms with Gasteiger partial charge in [0.05, 0.1) is 29.9 Å². The van der Waals surface area contributed by atoms with Gasteiger partial charge in [-0.15, -0.1) is 0 Å². The Morgan fingerprint density at radius 3 is 2.52 bits per heavy atom. The third kappa shape index (κ3) is 5.72. The number of nitrogens with one attached hydrogen (secondary N) is 1. The van der Waals surface area contributed by atoms with E-state index in [4.69, 9.17) is 25.8 Å². The molecule has 0 atom stereocenters. The van der Waals surface area contributed by atoms with Crippen molar-refractivity contribution >= 4 is 35.1 Å². The van der Waals surface area contributed by atoms with Crippen LogP contribution in [0.2, 0.25) is 5.02 Å². The molecule has 0 saturated heterocycles. The Labute approximate surface area is 161 Å². The molecule has 2 aromatic carbocycles. The van der Waals surface area contributed by atoms with Crippen LogP contribution in [0.5, 0.6) is 5.75 Å². The average Bonchev–Trinajstić information content (AvgIpc) is 2.67. The monoisotopic (exact) mass is 391 g/mol. The van der Waals surface area contributed by atoms with E-state index >= 15 is 0 Å². The minimum Gasteiger partial charge on any atom is -0.497 e. The molecule has 27 heavy (non-hydrogen) atoms. The van der Waals surface area contributed by atoms with E-state index in [0.29, 0.717) is 11.4 Å². The van der Waals surface area contributed by atoms with Crippen LogP contribution in [0.25, 0.3) is 0 Å². The second-order valence-electron chi connectivity index (χ2n) is 5.27. The van der Waals surface area contributed by atoms with Gasteiger partial charge in [0.2, 0.25) is 0 Å². The number of ether oxygens (including phenoxy) is 3. The lowest BCUT2D eigenvalue weighted by atomic mass is 10.2. The minimum atomic E-state index is -0.660. The molecule has 1 amide bonds. The first-order valence-electron chi connectivity index (χ1n) is 8.02. The van der Waals surface area contributed by atoms with Crippen LogP contribution in [0, 0.1) is 0 Å². The number of anilines is 1. The van der Waals surface area contributed by atoms with E-state index < -0.39 is 24.5 Å². The molecule has 0 aliphatic carbocycles. The highest BCUT2D eigenvalue weighted by Gasteiger charge is 2.15. The fraction of sp³-hybridized carbons (Fsp3) is 0.211. The van der Waals surface area contributed by atoms with Crippen LogP contribution in [0.15, 0.2) is 42.5 Å².